The van der Waals surface area contributed by atoms with Gasteiger partial charge in [0.2, 0.25) is 5.82 Å². The van der Waals surface area contributed by atoms with Gasteiger partial charge in [0.05, 0.1) is 18.1 Å². The van der Waals surface area contributed by atoms with Crippen LogP contribution >= 0.6 is 0 Å². The Morgan fingerprint density at radius 1 is 1.10 bits per heavy atom. The number of ether oxygens (including phenoxy) is 2. The van der Waals surface area contributed by atoms with Gasteiger partial charge in [-0.3, -0.25) is 9.59 Å². The summed E-state index contributed by atoms with van der Waals surface area (Å²) in [5, 5.41) is 2.59. The number of benzene rings is 2. The number of rotatable bonds is 8. The lowest BCUT2D eigenvalue weighted by Crippen LogP contribution is -2.31. The predicted molar refractivity (Wildman–Crippen MR) is 105 cm³/mol. The van der Waals surface area contributed by atoms with Gasteiger partial charge in [-0.05, 0) is 36.2 Å². The number of alkyl halides is 3. The minimum absolute atomic E-state index is 0.110. The minimum atomic E-state index is -4.74. The smallest absolute Gasteiger partial charge is 0.449 e. The number of hydrogen-bond acceptors (Lipinski definition) is 5. The summed E-state index contributed by atoms with van der Waals surface area (Å²) < 4.78 is 50.4. The molecule has 1 aromatic heterocycles. The minimum Gasteiger partial charge on any atom is -0.497 e. The molecule has 1 N–H and O–H groups in total. The molecule has 0 radical (unpaired) electrons. The summed E-state index contributed by atoms with van der Waals surface area (Å²) in [5.74, 6) is -2.00. The summed E-state index contributed by atoms with van der Waals surface area (Å²) in [7, 11) is 1.57. The topological polar surface area (TPSA) is 82.5 Å². The van der Waals surface area contributed by atoms with Gasteiger partial charge < -0.3 is 19.4 Å². The lowest BCUT2D eigenvalue weighted by molar-refractivity contribution is -0.153. The molecule has 10 heteroatoms. The third-order valence-electron chi connectivity index (χ3n) is 4.45. The highest BCUT2D eigenvalue weighted by molar-refractivity contribution is 5.82. The molecule has 3 rings (SSSR count). The number of carbonyl (C=O) groups excluding carboxylic acids is 2. The Morgan fingerprint density at radius 3 is 2.48 bits per heavy atom. The molecule has 0 spiro atoms. The van der Waals surface area contributed by atoms with E-state index >= 15 is 0 Å². The average molecular weight is 435 g/mol. The molecule has 31 heavy (non-hydrogen) atoms. The standard InChI is InChI=1S/C21H20F3N3O4/c1-30-15-8-6-14(7-9-15)10-11-25-18(28)13-31-19(29)12-27-17-5-3-2-4-16(17)26-20(27)21(22,23)24/h2-9H,10-13H2,1H3,(H,25,28). The number of hydrogen-bond donors (Lipinski definition) is 1. The Labute approximate surface area is 175 Å². The van der Waals surface area contributed by atoms with Crippen molar-refractivity contribution in [3.63, 3.8) is 0 Å². The van der Waals surface area contributed by atoms with Crippen LogP contribution in [0.5, 0.6) is 5.75 Å². The molecule has 0 aliphatic rings. The zero-order valence-corrected chi connectivity index (χ0v) is 16.6. The van der Waals surface area contributed by atoms with E-state index in [0.29, 0.717) is 13.0 Å². The van der Waals surface area contributed by atoms with Crippen LogP contribution < -0.4 is 10.1 Å². The van der Waals surface area contributed by atoms with Gasteiger partial charge in [0.1, 0.15) is 12.3 Å². The van der Waals surface area contributed by atoms with Crippen LogP contribution in [0.25, 0.3) is 11.0 Å². The van der Waals surface area contributed by atoms with Crippen molar-refractivity contribution in [1.82, 2.24) is 14.9 Å². The van der Waals surface area contributed by atoms with Crippen molar-refractivity contribution in [2.24, 2.45) is 0 Å². The van der Waals surface area contributed by atoms with Gasteiger partial charge in [-0.2, -0.15) is 13.2 Å². The summed E-state index contributed by atoms with van der Waals surface area (Å²) in [5.41, 5.74) is 1.24. The molecule has 2 aromatic carbocycles. The maximum Gasteiger partial charge on any atom is 0.449 e. The number of methoxy groups -OCH3 is 1. The molecule has 164 valence electrons. The van der Waals surface area contributed by atoms with Crippen LogP contribution in [0.3, 0.4) is 0 Å². The van der Waals surface area contributed by atoms with E-state index in [1.807, 2.05) is 12.1 Å². The van der Waals surface area contributed by atoms with Crippen LogP contribution in [0.1, 0.15) is 11.4 Å². The second-order valence-electron chi connectivity index (χ2n) is 6.62. The van der Waals surface area contributed by atoms with E-state index in [1.165, 1.54) is 12.1 Å². The first kappa shape index (κ1) is 22.1. The highest BCUT2D eigenvalue weighted by atomic mass is 19.4. The van der Waals surface area contributed by atoms with Crippen LogP contribution in [0.2, 0.25) is 0 Å². The number of para-hydroxylation sites is 2. The number of nitrogens with zero attached hydrogens (tertiary/aromatic N) is 2. The van der Waals surface area contributed by atoms with Crippen LogP contribution in [0.4, 0.5) is 13.2 Å². The molecule has 0 saturated carbocycles. The first-order valence-electron chi connectivity index (χ1n) is 9.35. The Hall–Kier alpha value is -3.56. The second kappa shape index (κ2) is 9.50. The van der Waals surface area contributed by atoms with Gasteiger partial charge in [-0.1, -0.05) is 24.3 Å². The number of halogens is 3. The van der Waals surface area contributed by atoms with E-state index in [2.05, 4.69) is 10.3 Å². The summed E-state index contributed by atoms with van der Waals surface area (Å²) in [6.07, 6.45) is -4.18. The summed E-state index contributed by atoms with van der Waals surface area (Å²) >= 11 is 0. The average Bonchev–Trinajstić information content (AvgIpc) is 3.12. The van der Waals surface area contributed by atoms with E-state index in [1.54, 1.807) is 31.4 Å². The number of nitrogens with one attached hydrogen (secondary N) is 1. The van der Waals surface area contributed by atoms with Crippen LogP contribution in [-0.4, -0.2) is 41.7 Å². The van der Waals surface area contributed by atoms with Crippen molar-refractivity contribution in [3.8, 4) is 5.75 Å². The Morgan fingerprint density at radius 2 is 1.81 bits per heavy atom. The lowest BCUT2D eigenvalue weighted by atomic mass is 10.1. The summed E-state index contributed by atoms with van der Waals surface area (Å²) in [6.45, 7) is -0.989. The fourth-order valence-electron chi connectivity index (χ4n) is 2.96. The molecule has 0 bridgehead atoms. The van der Waals surface area contributed by atoms with Gasteiger partial charge in [-0.15, -0.1) is 0 Å². The normalized spacial score (nSPS) is 11.4. The first-order valence-corrected chi connectivity index (χ1v) is 9.35. The van der Waals surface area contributed by atoms with E-state index in [-0.39, 0.29) is 11.0 Å². The molecule has 0 atom stereocenters. The number of imidazole rings is 1. The van der Waals surface area contributed by atoms with Gasteiger partial charge in [0.15, 0.2) is 6.61 Å². The monoisotopic (exact) mass is 435 g/mol. The first-order chi connectivity index (χ1) is 14.8. The van der Waals surface area contributed by atoms with Gasteiger partial charge >= 0.3 is 12.1 Å². The fourth-order valence-corrected chi connectivity index (χ4v) is 2.96. The number of esters is 1. The predicted octanol–water partition coefficient (Wildman–Crippen LogP) is 2.97. The third-order valence-corrected chi connectivity index (χ3v) is 4.45. The molecular formula is C21H20F3N3O4. The van der Waals surface area contributed by atoms with E-state index in [4.69, 9.17) is 9.47 Å². The zero-order chi connectivity index (χ0) is 22.4. The molecule has 0 aliphatic heterocycles. The van der Waals surface area contributed by atoms with Crippen molar-refractivity contribution in [1.29, 1.82) is 0 Å². The third kappa shape index (κ3) is 5.74. The van der Waals surface area contributed by atoms with Gasteiger partial charge in [0, 0.05) is 6.54 Å². The molecule has 7 nitrogen and oxygen atoms in total. The van der Waals surface area contributed by atoms with Crippen LogP contribution in [0, 0.1) is 0 Å². The fraction of sp³-hybridized carbons (Fsp3) is 0.286. The van der Waals surface area contributed by atoms with Crippen molar-refractivity contribution in [2.45, 2.75) is 19.1 Å². The van der Waals surface area contributed by atoms with Crippen molar-refractivity contribution in [2.75, 3.05) is 20.3 Å². The quantitative estimate of drug-likeness (QED) is 0.550. The van der Waals surface area contributed by atoms with Crippen molar-refractivity contribution in [3.05, 3.63) is 59.9 Å². The van der Waals surface area contributed by atoms with E-state index < -0.39 is 37.0 Å². The highest BCUT2D eigenvalue weighted by Gasteiger charge is 2.38. The number of amides is 1. The van der Waals surface area contributed by atoms with Crippen LogP contribution in [-0.2, 0) is 33.5 Å². The Bertz CT molecular complexity index is 1060. The van der Waals surface area contributed by atoms with Crippen LogP contribution in [0.15, 0.2) is 48.5 Å². The number of carbonyl (C=O) groups is 2. The van der Waals surface area contributed by atoms with Crippen molar-refractivity contribution >= 4 is 22.9 Å². The molecular weight excluding hydrogens is 415 g/mol. The Kier molecular flexibility index (Phi) is 6.78. The lowest BCUT2D eigenvalue weighted by Gasteiger charge is -2.11. The highest BCUT2D eigenvalue weighted by Crippen LogP contribution is 2.31. The second-order valence-corrected chi connectivity index (χ2v) is 6.62. The van der Waals surface area contributed by atoms with Gasteiger partial charge in [0.25, 0.3) is 5.91 Å². The number of fused-ring (bicyclic) bond motifs is 1. The molecule has 3 aromatic rings. The molecule has 0 aliphatic carbocycles. The summed E-state index contributed by atoms with van der Waals surface area (Å²) in [6, 6.07) is 13.3. The van der Waals surface area contributed by atoms with Crippen molar-refractivity contribution < 1.29 is 32.2 Å². The summed E-state index contributed by atoms with van der Waals surface area (Å²) in [4.78, 5) is 27.5. The number of aromatic nitrogens is 2. The van der Waals surface area contributed by atoms with Gasteiger partial charge in [-0.25, -0.2) is 4.98 Å². The molecule has 0 unspecified atom stereocenters. The maximum atomic E-state index is 13.3. The Balaban J connectivity index is 1.51. The largest absolute Gasteiger partial charge is 0.497 e. The SMILES string of the molecule is COc1ccc(CCNC(=O)COC(=O)Cn2c(C(F)(F)F)nc3ccccc32)cc1. The zero-order valence-electron chi connectivity index (χ0n) is 16.6. The molecule has 1 heterocycles. The molecule has 0 saturated heterocycles. The maximum absolute atomic E-state index is 13.3. The van der Waals surface area contributed by atoms with E-state index in [0.717, 1.165) is 15.9 Å². The molecule has 1 amide bonds. The molecule has 0 fully saturated rings. The van der Waals surface area contributed by atoms with E-state index in [9.17, 15) is 22.8 Å².